The first-order valence-electron chi connectivity index (χ1n) is 11.8. The average Bonchev–Trinajstić information content (AvgIpc) is 2.70. The Morgan fingerprint density at radius 1 is 0.800 bits per heavy atom. The van der Waals surface area contributed by atoms with E-state index in [1.165, 1.54) is 51.4 Å². The van der Waals surface area contributed by atoms with Crippen LogP contribution in [0.25, 0.3) is 0 Å². The zero-order valence-electron chi connectivity index (χ0n) is 18.9. The van der Waals surface area contributed by atoms with Gasteiger partial charge >= 0.3 is 17.9 Å². The molecule has 0 saturated carbocycles. The molecule has 0 amide bonds. The number of ether oxygens (including phenoxy) is 1. The zero-order valence-corrected chi connectivity index (χ0v) is 18.9. The third kappa shape index (κ3) is 19.6. The van der Waals surface area contributed by atoms with Gasteiger partial charge in [0.25, 0.3) is 0 Å². The average molecular weight is 426 g/mol. The van der Waals surface area contributed by atoms with E-state index in [1.54, 1.807) is 0 Å². The van der Waals surface area contributed by atoms with Crippen molar-refractivity contribution >= 4 is 17.9 Å². The Bertz CT molecular complexity index is 490. The summed E-state index contributed by atoms with van der Waals surface area (Å²) in [7, 11) is 0. The standard InChI is InChI=1S/C24H43NO5/c1-2-3-4-5-6-7-8-9-10-11-12-13-14-15-16-20-23(28)30-24(29)21(25)18-17-19-22(26)27/h9-10,21H,2-8,11-20,25H2,1H3,(H,26,27)/b10-9-. The molecule has 0 bridgehead atoms. The van der Waals surface area contributed by atoms with Gasteiger partial charge in [0.05, 0.1) is 0 Å². The van der Waals surface area contributed by atoms with Crippen molar-refractivity contribution < 1.29 is 24.2 Å². The fraction of sp³-hybridized carbons (Fsp3) is 0.792. The van der Waals surface area contributed by atoms with Crippen molar-refractivity contribution in [2.24, 2.45) is 5.73 Å². The van der Waals surface area contributed by atoms with Crippen LogP contribution in [0.4, 0.5) is 0 Å². The molecule has 0 radical (unpaired) electrons. The van der Waals surface area contributed by atoms with Gasteiger partial charge in [0.15, 0.2) is 0 Å². The number of allylic oxidation sites excluding steroid dienone is 2. The molecule has 0 aromatic heterocycles. The summed E-state index contributed by atoms with van der Waals surface area (Å²) >= 11 is 0. The van der Waals surface area contributed by atoms with Crippen LogP contribution in [0, 0.1) is 0 Å². The highest BCUT2D eigenvalue weighted by atomic mass is 16.6. The minimum absolute atomic E-state index is 0.0517. The monoisotopic (exact) mass is 425 g/mol. The molecule has 6 heteroatoms. The predicted octanol–water partition coefficient (Wildman–Crippen LogP) is 5.68. The van der Waals surface area contributed by atoms with E-state index >= 15 is 0 Å². The summed E-state index contributed by atoms with van der Waals surface area (Å²) in [5.41, 5.74) is 5.61. The maximum atomic E-state index is 11.7. The molecule has 1 unspecified atom stereocenters. The lowest BCUT2D eigenvalue weighted by molar-refractivity contribution is -0.161. The van der Waals surface area contributed by atoms with Crippen LogP contribution >= 0.6 is 0 Å². The molecule has 0 aromatic rings. The first kappa shape index (κ1) is 28.3. The second kappa shape index (κ2) is 20.6. The third-order valence-electron chi connectivity index (χ3n) is 5.07. The van der Waals surface area contributed by atoms with Crippen molar-refractivity contribution in [2.45, 2.75) is 122 Å². The summed E-state index contributed by atoms with van der Waals surface area (Å²) in [5, 5.41) is 8.56. The van der Waals surface area contributed by atoms with Crippen LogP contribution in [-0.4, -0.2) is 29.1 Å². The van der Waals surface area contributed by atoms with E-state index in [0.29, 0.717) is 6.42 Å². The number of unbranched alkanes of at least 4 members (excludes halogenated alkanes) is 11. The van der Waals surface area contributed by atoms with Gasteiger partial charge in [-0.15, -0.1) is 0 Å². The van der Waals surface area contributed by atoms with E-state index < -0.39 is 23.9 Å². The zero-order chi connectivity index (χ0) is 22.5. The summed E-state index contributed by atoms with van der Waals surface area (Å²) in [6.45, 7) is 2.24. The van der Waals surface area contributed by atoms with Gasteiger partial charge in [0, 0.05) is 12.8 Å². The van der Waals surface area contributed by atoms with Gasteiger partial charge in [-0.3, -0.25) is 9.59 Å². The lowest BCUT2D eigenvalue weighted by Crippen LogP contribution is -2.33. The third-order valence-corrected chi connectivity index (χ3v) is 5.07. The summed E-state index contributed by atoms with van der Waals surface area (Å²) in [5.74, 6) is -2.25. The van der Waals surface area contributed by atoms with Crippen LogP contribution in [0.15, 0.2) is 12.2 Å². The Morgan fingerprint density at radius 2 is 1.33 bits per heavy atom. The van der Waals surface area contributed by atoms with Gasteiger partial charge in [-0.1, -0.05) is 70.4 Å². The lowest BCUT2D eigenvalue weighted by atomic mass is 10.1. The topological polar surface area (TPSA) is 107 Å². The van der Waals surface area contributed by atoms with Crippen molar-refractivity contribution in [1.82, 2.24) is 0 Å². The van der Waals surface area contributed by atoms with Crippen LogP contribution in [0.1, 0.15) is 116 Å². The van der Waals surface area contributed by atoms with Gasteiger partial charge in [0.2, 0.25) is 0 Å². The summed E-state index contributed by atoms with van der Waals surface area (Å²) < 4.78 is 4.73. The molecule has 0 heterocycles. The molecule has 174 valence electrons. The van der Waals surface area contributed by atoms with Crippen molar-refractivity contribution in [3.05, 3.63) is 12.2 Å². The number of aliphatic carboxylic acids is 1. The smallest absolute Gasteiger partial charge is 0.330 e. The molecular formula is C24H43NO5. The normalized spacial score (nSPS) is 12.2. The molecular weight excluding hydrogens is 382 g/mol. The summed E-state index contributed by atoms with van der Waals surface area (Å²) in [6, 6.07) is -0.942. The van der Waals surface area contributed by atoms with Gasteiger partial charge in [-0.05, 0) is 44.9 Å². The summed E-state index contributed by atoms with van der Waals surface area (Å²) in [6.07, 6.45) is 20.6. The lowest BCUT2D eigenvalue weighted by Gasteiger charge is -2.09. The Hall–Kier alpha value is -1.69. The van der Waals surface area contributed by atoms with Crippen LogP contribution < -0.4 is 5.73 Å². The number of carbonyl (C=O) groups is 3. The highest BCUT2D eigenvalue weighted by Crippen LogP contribution is 2.10. The van der Waals surface area contributed by atoms with E-state index in [0.717, 1.165) is 25.7 Å². The molecule has 0 spiro atoms. The highest BCUT2D eigenvalue weighted by Gasteiger charge is 2.18. The minimum Gasteiger partial charge on any atom is -0.481 e. The van der Waals surface area contributed by atoms with E-state index in [2.05, 4.69) is 19.1 Å². The maximum Gasteiger partial charge on any atom is 0.330 e. The molecule has 0 aliphatic rings. The Kier molecular flexibility index (Phi) is 19.4. The second-order valence-electron chi connectivity index (χ2n) is 8.02. The molecule has 0 saturated heterocycles. The number of carbonyl (C=O) groups excluding carboxylic acids is 2. The van der Waals surface area contributed by atoms with Crippen molar-refractivity contribution in [3.63, 3.8) is 0 Å². The molecule has 1 atom stereocenters. The number of hydrogen-bond acceptors (Lipinski definition) is 5. The number of carboxylic acids is 1. The van der Waals surface area contributed by atoms with E-state index in [4.69, 9.17) is 15.6 Å². The fourth-order valence-electron chi connectivity index (χ4n) is 3.17. The van der Waals surface area contributed by atoms with Crippen molar-refractivity contribution in [3.8, 4) is 0 Å². The van der Waals surface area contributed by atoms with E-state index in [9.17, 15) is 14.4 Å². The highest BCUT2D eigenvalue weighted by molar-refractivity contribution is 5.88. The SMILES string of the molecule is CCCCCCCC/C=C\CCCCCCCC(=O)OC(=O)C(N)CCCC(=O)O. The quantitative estimate of drug-likeness (QED) is 0.112. The predicted molar refractivity (Wildman–Crippen MR) is 120 cm³/mol. The van der Waals surface area contributed by atoms with Crippen LogP contribution in [0.3, 0.4) is 0 Å². The first-order chi connectivity index (χ1) is 14.5. The second-order valence-corrected chi connectivity index (χ2v) is 8.02. The molecule has 30 heavy (non-hydrogen) atoms. The number of rotatable bonds is 20. The van der Waals surface area contributed by atoms with Gasteiger partial charge in [-0.25, -0.2) is 4.79 Å². The van der Waals surface area contributed by atoms with Gasteiger partial charge in [-0.2, -0.15) is 0 Å². The minimum atomic E-state index is -0.942. The molecule has 6 nitrogen and oxygen atoms in total. The van der Waals surface area contributed by atoms with Crippen LogP contribution in [0.5, 0.6) is 0 Å². The van der Waals surface area contributed by atoms with Crippen LogP contribution in [0.2, 0.25) is 0 Å². The Morgan fingerprint density at radius 3 is 1.90 bits per heavy atom. The molecule has 0 aromatic carbocycles. The fourth-order valence-corrected chi connectivity index (χ4v) is 3.17. The Balaban J connectivity index is 3.48. The molecule has 0 aliphatic carbocycles. The van der Waals surface area contributed by atoms with Gasteiger partial charge in [0.1, 0.15) is 6.04 Å². The number of esters is 2. The van der Waals surface area contributed by atoms with Crippen molar-refractivity contribution in [2.75, 3.05) is 0 Å². The van der Waals surface area contributed by atoms with Crippen molar-refractivity contribution in [1.29, 1.82) is 0 Å². The maximum absolute atomic E-state index is 11.7. The van der Waals surface area contributed by atoms with E-state index in [-0.39, 0.29) is 25.7 Å². The first-order valence-corrected chi connectivity index (χ1v) is 11.8. The number of nitrogens with two attached hydrogens (primary N) is 1. The number of carboxylic acid groups (broad SMARTS) is 1. The molecule has 0 aliphatic heterocycles. The number of hydrogen-bond donors (Lipinski definition) is 2. The molecule has 3 N–H and O–H groups in total. The Labute approximate surface area is 182 Å². The largest absolute Gasteiger partial charge is 0.481 e. The molecule has 0 fully saturated rings. The summed E-state index contributed by atoms with van der Waals surface area (Å²) in [4.78, 5) is 33.8. The van der Waals surface area contributed by atoms with Gasteiger partial charge < -0.3 is 15.6 Å². The molecule has 0 rings (SSSR count). The van der Waals surface area contributed by atoms with Crippen LogP contribution in [-0.2, 0) is 19.1 Å². The van der Waals surface area contributed by atoms with E-state index in [1.807, 2.05) is 0 Å².